The fraction of sp³-hybridized carbons (Fsp3) is 0.286. The van der Waals surface area contributed by atoms with Crippen LogP contribution in [-0.4, -0.2) is 21.9 Å². The van der Waals surface area contributed by atoms with Gasteiger partial charge in [-0.25, -0.2) is 4.98 Å². The number of hydrogen-bond acceptors (Lipinski definition) is 3. The molecular formula is C14H14BrClN4O. The summed E-state index contributed by atoms with van der Waals surface area (Å²) in [6.45, 7) is 2.53. The van der Waals surface area contributed by atoms with Crippen LogP contribution >= 0.6 is 27.5 Å². The number of nitrogens with one attached hydrogen (secondary N) is 3. The lowest BCUT2D eigenvalue weighted by Crippen LogP contribution is -2.44. The van der Waals surface area contributed by atoms with E-state index in [0.717, 1.165) is 21.4 Å². The Morgan fingerprint density at radius 2 is 2.33 bits per heavy atom. The number of halogens is 2. The number of aromatic amines is 1. The predicted octanol–water partition coefficient (Wildman–Crippen LogP) is 2.79. The normalized spacial score (nSPS) is 17.4. The Bertz CT molecular complexity index is 700. The number of benzene rings is 1. The van der Waals surface area contributed by atoms with Crippen LogP contribution in [-0.2, 0) is 17.8 Å². The number of fused-ring (bicyclic) bond motifs is 1. The summed E-state index contributed by atoms with van der Waals surface area (Å²) >= 11 is 9.55. The lowest BCUT2D eigenvalue weighted by molar-refractivity contribution is -0.118. The molecule has 1 aliphatic rings. The van der Waals surface area contributed by atoms with E-state index in [4.69, 9.17) is 11.6 Å². The highest BCUT2D eigenvalue weighted by Crippen LogP contribution is 2.29. The molecule has 1 atom stereocenters. The van der Waals surface area contributed by atoms with Gasteiger partial charge < -0.3 is 10.3 Å². The SMILES string of the molecule is Cc1cc(Br)c(NC(=O)C2Cc3nc[nH]c3CN2)cc1Cl. The Labute approximate surface area is 135 Å². The zero-order chi connectivity index (χ0) is 15.0. The second kappa shape index (κ2) is 5.79. The van der Waals surface area contributed by atoms with Crippen LogP contribution < -0.4 is 10.6 Å². The van der Waals surface area contributed by atoms with E-state index >= 15 is 0 Å². The summed E-state index contributed by atoms with van der Waals surface area (Å²) in [6.07, 6.45) is 2.23. The largest absolute Gasteiger partial charge is 0.347 e. The first kappa shape index (κ1) is 14.6. The molecule has 0 bridgehead atoms. The summed E-state index contributed by atoms with van der Waals surface area (Å²) in [7, 11) is 0. The molecule has 2 heterocycles. The molecule has 2 aromatic rings. The van der Waals surface area contributed by atoms with E-state index in [-0.39, 0.29) is 11.9 Å². The number of carbonyl (C=O) groups excluding carboxylic acids is 1. The van der Waals surface area contributed by atoms with Crippen molar-refractivity contribution < 1.29 is 4.79 Å². The molecule has 3 N–H and O–H groups in total. The Hall–Kier alpha value is -1.37. The quantitative estimate of drug-likeness (QED) is 0.762. The Balaban J connectivity index is 1.74. The number of H-pyrrole nitrogens is 1. The summed E-state index contributed by atoms with van der Waals surface area (Å²) in [5.41, 5.74) is 3.61. The smallest absolute Gasteiger partial charge is 0.241 e. The summed E-state index contributed by atoms with van der Waals surface area (Å²) in [5.74, 6) is -0.0933. The third-order valence-electron chi connectivity index (χ3n) is 3.55. The Kier molecular flexibility index (Phi) is 4.01. The van der Waals surface area contributed by atoms with Crippen LogP contribution in [0.5, 0.6) is 0 Å². The molecular weight excluding hydrogens is 356 g/mol. The van der Waals surface area contributed by atoms with Crippen LogP contribution in [0.15, 0.2) is 22.9 Å². The zero-order valence-corrected chi connectivity index (χ0v) is 13.7. The lowest BCUT2D eigenvalue weighted by atomic mass is 10.0. The van der Waals surface area contributed by atoms with Gasteiger partial charge in [-0.15, -0.1) is 0 Å². The molecule has 1 aromatic carbocycles. The maximum Gasteiger partial charge on any atom is 0.241 e. The molecule has 0 fully saturated rings. The summed E-state index contributed by atoms with van der Waals surface area (Å²) in [5, 5.41) is 6.72. The minimum absolute atomic E-state index is 0.0933. The molecule has 1 unspecified atom stereocenters. The van der Waals surface area contributed by atoms with Crippen molar-refractivity contribution in [1.29, 1.82) is 0 Å². The number of amides is 1. The van der Waals surface area contributed by atoms with Gasteiger partial charge in [0, 0.05) is 22.5 Å². The molecule has 0 radical (unpaired) electrons. The maximum atomic E-state index is 12.4. The van der Waals surface area contributed by atoms with Crippen molar-refractivity contribution in [3.63, 3.8) is 0 Å². The molecule has 1 aliphatic heterocycles. The predicted molar refractivity (Wildman–Crippen MR) is 85.4 cm³/mol. The zero-order valence-electron chi connectivity index (χ0n) is 11.3. The third kappa shape index (κ3) is 2.97. The van der Waals surface area contributed by atoms with E-state index in [2.05, 4.69) is 36.5 Å². The first-order valence-electron chi connectivity index (χ1n) is 6.55. The van der Waals surface area contributed by atoms with Gasteiger partial charge >= 0.3 is 0 Å². The first-order chi connectivity index (χ1) is 10.0. The van der Waals surface area contributed by atoms with Gasteiger partial charge in [0.15, 0.2) is 0 Å². The average molecular weight is 370 g/mol. The molecule has 1 amide bonds. The van der Waals surface area contributed by atoms with Crippen LogP contribution in [0.3, 0.4) is 0 Å². The number of anilines is 1. The molecule has 0 saturated heterocycles. The van der Waals surface area contributed by atoms with Gasteiger partial charge in [0.2, 0.25) is 5.91 Å². The molecule has 0 saturated carbocycles. The van der Waals surface area contributed by atoms with Gasteiger partial charge in [0.05, 0.1) is 29.4 Å². The van der Waals surface area contributed by atoms with E-state index < -0.39 is 0 Å². The van der Waals surface area contributed by atoms with Crippen molar-refractivity contribution in [2.45, 2.75) is 25.9 Å². The molecule has 3 rings (SSSR count). The van der Waals surface area contributed by atoms with Crippen LogP contribution in [0.25, 0.3) is 0 Å². The van der Waals surface area contributed by atoms with Gasteiger partial charge in [0.1, 0.15) is 0 Å². The summed E-state index contributed by atoms with van der Waals surface area (Å²) in [6, 6.07) is 3.34. The van der Waals surface area contributed by atoms with Crippen LogP contribution in [0.1, 0.15) is 17.0 Å². The van der Waals surface area contributed by atoms with E-state index in [9.17, 15) is 4.79 Å². The third-order valence-corrected chi connectivity index (χ3v) is 4.62. The van der Waals surface area contributed by atoms with Crippen LogP contribution in [0, 0.1) is 6.92 Å². The Morgan fingerprint density at radius 3 is 3.14 bits per heavy atom. The molecule has 110 valence electrons. The monoisotopic (exact) mass is 368 g/mol. The number of hydrogen-bond donors (Lipinski definition) is 3. The fourth-order valence-electron chi connectivity index (χ4n) is 2.32. The van der Waals surface area contributed by atoms with Gasteiger partial charge in [-0.1, -0.05) is 11.6 Å². The highest BCUT2D eigenvalue weighted by molar-refractivity contribution is 9.10. The minimum atomic E-state index is -0.298. The van der Waals surface area contributed by atoms with Crippen LogP contribution in [0.2, 0.25) is 5.02 Å². The van der Waals surface area contributed by atoms with E-state index in [1.807, 2.05) is 13.0 Å². The molecule has 21 heavy (non-hydrogen) atoms. The van der Waals surface area contributed by atoms with Crippen molar-refractivity contribution in [1.82, 2.24) is 15.3 Å². The van der Waals surface area contributed by atoms with Crippen molar-refractivity contribution in [3.05, 3.63) is 44.9 Å². The second-order valence-corrected chi connectivity index (χ2v) is 6.30. The number of aryl methyl sites for hydroxylation is 1. The lowest BCUT2D eigenvalue weighted by Gasteiger charge is -2.22. The second-order valence-electron chi connectivity index (χ2n) is 5.04. The molecule has 5 nitrogen and oxygen atoms in total. The van der Waals surface area contributed by atoms with Crippen molar-refractivity contribution >= 4 is 39.1 Å². The molecule has 0 spiro atoms. The van der Waals surface area contributed by atoms with Gasteiger partial charge in [-0.05, 0) is 40.5 Å². The number of nitrogens with zero attached hydrogens (tertiary/aromatic N) is 1. The standard InChI is InChI=1S/C14H14BrClN4O/c1-7-2-8(15)10(3-9(7)16)20-14(21)12-4-11-13(5-17-12)19-6-18-11/h2-3,6,12,17H,4-5H2,1H3,(H,18,19)(H,20,21). The molecule has 7 heteroatoms. The maximum absolute atomic E-state index is 12.4. The van der Waals surface area contributed by atoms with Gasteiger partial charge in [-0.2, -0.15) is 0 Å². The van der Waals surface area contributed by atoms with E-state index in [1.54, 1.807) is 12.4 Å². The number of imidazole rings is 1. The van der Waals surface area contributed by atoms with Crippen molar-refractivity contribution in [2.24, 2.45) is 0 Å². The van der Waals surface area contributed by atoms with E-state index in [1.165, 1.54) is 0 Å². The molecule has 1 aromatic heterocycles. The van der Waals surface area contributed by atoms with Gasteiger partial charge in [-0.3, -0.25) is 10.1 Å². The van der Waals surface area contributed by atoms with Crippen LogP contribution in [0.4, 0.5) is 5.69 Å². The fourth-order valence-corrected chi connectivity index (χ4v) is 3.04. The minimum Gasteiger partial charge on any atom is -0.347 e. The van der Waals surface area contributed by atoms with Gasteiger partial charge in [0.25, 0.3) is 0 Å². The molecule has 0 aliphatic carbocycles. The highest BCUT2D eigenvalue weighted by Gasteiger charge is 2.26. The topological polar surface area (TPSA) is 69.8 Å². The summed E-state index contributed by atoms with van der Waals surface area (Å²) in [4.78, 5) is 19.7. The number of rotatable bonds is 2. The van der Waals surface area contributed by atoms with E-state index in [0.29, 0.717) is 23.7 Å². The number of carbonyl (C=O) groups is 1. The highest BCUT2D eigenvalue weighted by atomic mass is 79.9. The summed E-state index contributed by atoms with van der Waals surface area (Å²) < 4.78 is 0.814. The van der Waals surface area contributed by atoms with Crippen molar-refractivity contribution in [2.75, 3.05) is 5.32 Å². The Morgan fingerprint density at radius 1 is 1.52 bits per heavy atom. The average Bonchev–Trinajstić information content (AvgIpc) is 2.92. The first-order valence-corrected chi connectivity index (χ1v) is 7.72. The van der Waals surface area contributed by atoms with Crippen molar-refractivity contribution in [3.8, 4) is 0 Å². The number of aromatic nitrogens is 2.